The predicted molar refractivity (Wildman–Crippen MR) is 49.6 cm³/mol. The van der Waals surface area contributed by atoms with Crippen molar-refractivity contribution >= 4 is 11.6 Å². The Morgan fingerprint density at radius 2 is 2.19 bits per heavy atom. The first-order valence-electron chi connectivity index (χ1n) is 4.38. The lowest BCUT2D eigenvalue weighted by molar-refractivity contribution is 0.0686. The molecule has 0 aliphatic rings. The Bertz CT molecular complexity index is 565. The van der Waals surface area contributed by atoms with Crippen LogP contribution in [0.2, 0.25) is 0 Å². The zero-order valence-corrected chi connectivity index (χ0v) is 8.19. The van der Waals surface area contributed by atoms with Crippen molar-refractivity contribution in [2.75, 3.05) is 0 Å². The van der Waals surface area contributed by atoms with Crippen molar-refractivity contribution < 1.29 is 18.7 Å². The molecular weight excluding hydrogens is 220 g/mol. The van der Waals surface area contributed by atoms with Crippen molar-refractivity contribution in [2.24, 2.45) is 0 Å². The molecule has 0 bridgehead atoms. The van der Waals surface area contributed by atoms with Gasteiger partial charge in [-0.2, -0.15) is 0 Å². The summed E-state index contributed by atoms with van der Waals surface area (Å²) in [6.07, 6.45) is -2.82. The van der Waals surface area contributed by atoms with Crippen LogP contribution < -0.4 is 0 Å². The fourth-order valence-corrected chi connectivity index (χ4v) is 1.38. The van der Waals surface area contributed by atoms with Gasteiger partial charge in [0.2, 0.25) is 5.82 Å². The molecule has 2 heterocycles. The Balaban J connectivity index is 2.75. The van der Waals surface area contributed by atoms with E-state index >= 15 is 0 Å². The predicted octanol–water partition coefficient (Wildman–Crippen LogP) is 1.67. The molecule has 0 fully saturated rings. The lowest BCUT2D eigenvalue weighted by Gasteiger charge is -1.99. The summed E-state index contributed by atoms with van der Waals surface area (Å²) in [5, 5.41) is 12.3. The van der Waals surface area contributed by atoms with Gasteiger partial charge in [-0.05, 0) is 24.6 Å². The average Bonchev–Trinajstić information content (AvgIpc) is 2.59. The molecule has 0 unspecified atom stereocenters. The van der Waals surface area contributed by atoms with Crippen LogP contribution in [0.15, 0.2) is 12.1 Å². The molecule has 2 aromatic heterocycles. The Morgan fingerprint density at radius 3 is 2.75 bits per heavy atom. The number of carboxylic acid groups (broad SMARTS) is 1. The molecule has 2 rings (SSSR count). The van der Waals surface area contributed by atoms with Crippen molar-refractivity contribution in [1.82, 2.24) is 14.6 Å². The SMILES string of the molecule is Cc1cc(C(=O)O)n2nc(C(F)F)nc2c1. The molecule has 2 aromatic rings. The number of carbonyl (C=O) groups is 1. The molecule has 16 heavy (non-hydrogen) atoms. The number of carboxylic acids is 1. The maximum atomic E-state index is 12.4. The second kappa shape index (κ2) is 3.51. The van der Waals surface area contributed by atoms with E-state index in [4.69, 9.17) is 5.11 Å². The number of rotatable bonds is 2. The van der Waals surface area contributed by atoms with Gasteiger partial charge >= 0.3 is 5.97 Å². The normalized spacial score (nSPS) is 11.2. The summed E-state index contributed by atoms with van der Waals surface area (Å²) >= 11 is 0. The summed E-state index contributed by atoms with van der Waals surface area (Å²) in [4.78, 5) is 14.4. The second-order valence-electron chi connectivity index (χ2n) is 3.26. The van der Waals surface area contributed by atoms with Crippen molar-refractivity contribution in [3.05, 3.63) is 29.2 Å². The van der Waals surface area contributed by atoms with Gasteiger partial charge in [-0.1, -0.05) is 0 Å². The van der Waals surface area contributed by atoms with Crippen LogP contribution in [-0.2, 0) is 0 Å². The summed E-state index contributed by atoms with van der Waals surface area (Å²) in [5.74, 6) is -1.91. The lowest BCUT2D eigenvalue weighted by atomic mass is 10.2. The molecule has 0 amide bonds. The van der Waals surface area contributed by atoms with Gasteiger partial charge in [0.05, 0.1) is 0 Å². The van der Waals surface area contributed by atoms with Gasteiger partial charge in [0.25, 0.3) is 6.43 Å². The highest BCUT2D eigenvalue weighted by Crippen LogP contribution is 2.17. The maximum Gasteiger partial charge on any atom is 0.354 e. The average molecular weight is 227 g/mol. The number of alkyl halides is 2. The highest BCUT2D eigenvalue weighted by Gasteiger charge is 2.18. The highest BCUT2D eigenvalue weighted by molar-refractivity contribution is 5.86. The molecule has 84 valence electrons. The third-order valence-electron chi connectivity index (χ3n) is 2.01. The lowest BCUT2D eigenvalue weighted by Crippen LogP contribution is -2.07. The topological polar surface area (TPSA) is 67.5 Å². The Morgan fingerprint density at radius 1 is 1.50 bits per heavy atom. The minimum Gasteiger partial charge on any atom is -0.477 e. The van der Waals surface area contributed by atoms with E-state index in [-0.39, 0.29) is 11.3 Å². The van der Waals surface area contributed by atoms with Crippen molar-refractivity contribution in [3.8, 4) is 0 Å². The van der Waals surface area contributed by atoms with E-state index in [1.165, 1.54) is 12.1 Å². The van der Waals surface area contributed by atoms with Crippen LogP contribution in [0.3, 0.4) is 0 Å². The molecule has 0 saturated carbocycles. The van der Waals surface area contributed by atoms with Gasteiger partial charge in [0.1, 0.15) is 0 Å². The summed E-state index contributed by atoms with van der Waals surface area (Å²) in [6.45, 7) is 1.66. The van der Waals surface area contributed by atoms with E-state index in [1.807, 2.05) is 0 Å². The first kappa shape index (κ1) is 10.5. The molecule has 0 aliphatic carbocycles. The monoisotopic (exact) mass is 227 g/mol. The van der Waals surface area contributed by atoms with Crippen LogP contribution in [0.5, 0.6) is 0 Å². The number of aromatic carboxylic acids is 1. The van der Waals surface area contributed by atoms with Crippen molar-refractivity contribution in [1.29, 1.82) is 0 Å². The smallest absolute Gasteiger partial charge is 0.354 e. The van der Waals surface area contributed by atoms with Gasteiger partial charge < -0.3 is 5.11 Å². The summed E-state index contributed by atoms with van der Waals surface area (Å²) in [7, 11) is 0. The number of hydrogen-bond acceptors (Lipinski definition) is 3. The summed E-state index contributed by atoms with van der Waals surface area (Å²) < 4.78 is 25.6. The molecule has 7 heteroatoms. The van der Waals surface area contributed by atoms with E-state index in [2.05, 4.69) is 10.1 Å². The Hall–Kier alpha value is -2.05. The van der Waals surface area contributed by atoms with E-state index in [9.17, 15) is 13.6 Å². The van der Waals surface area contributed by atoms with E-state index < -0.39 is 18.2 Å². The first-order chi connectivity index (χ1) is 7.49. The largest absolute Gasteiger partial charge is 0.477 e. The first-order valence-corrected chi connectivity index (χ1v) is 4.38. The molecule has 1 N–H and O–H groups in total. The Kier molecular flexibility index (Phi) is 2.30. The van der Waals surface area contributed by atoms with Crippen LogP contribution in [0, 0.1) is 6.92 Å². The van der Waals surface area contributed by atoms with Gasteiger partial charge in [0.15, 0.2) is 11.3 Å². The number of aromatic nitrogens is 3. The minimum absolute atomic E-state index is 0.104. The van der Waals surface area contributed by atoms with E-state index in [1.54, 1.807) is 6.92 Å². The maximum absolute atomic E-state index is 12.4. The number of pyridine rings is 1. The number of fused-ring (bicyclic) bond motifs is 1. The Labute approximate surface area is 88.3 Å². The third kappa shape index (κ3) is 1.60. The number of aryl methyl sites for hydroxylation is 1. The summed E-state index contributed by atoms with van der Waals surface area (Å²) in [6, 6.07) is 2.84. The van der Waals surface area contributed by atoms with Crippen LogP contribution in [0.1, 0.15) is 28.3 Å². The quantitative estimate of drug-likeness (QED) is 0.847. The van der Waals surface area contributed by atoms with Crippen molar-refractivity contribution in [3.63, 3.8) is 0 Å². The molecule has 0 radical (unpaired) electrons. The number of halogens is 2. The number of nitrogens with zero attached hydrogens (tertiary/aromatic N) is 3. The van der Waals surface area contributed by atoms with Crippen molar-refractivity contribution in [2.45, 2.75) is 13.3 Å². The van der Waals surface area contributed by atoms with Gasteiger partial charge in [-0.25, -0.2) is 23.1 Å². The van der Waals surface area contributed by atoms with Crippen LogP contribution >= 0.6 is 0 Å². The number of hydrogen-bond donors (Lipinski definition) is 1. The summed E-state index contributed by atoms with van der Waals surface area (Å²) in [5.41, 5.74) is 0.542. The molecule has 0 atom stereocenters. The van der Waals surface area contributed by atoms with Crippen LogP contribution in [0.4, 0.5) is 8.78 Å². The second-order valence-corrected chi connectivity index (χ2v) is 3.26. The third-order valence-corrected chi connectivity index (χ3v) is 2.01. The molecule has 0 saturated heterocycles. The molecule has 0 aliphatic heterocycles. The van der Waals surface area contributed by atoms with Gasteiger partial charge in [0, 0.05) is 0 Å². The zero-order valence-electron chi connectivity index (χ0n) is 8.19. The van der Waals surface area contributed by atoms with Gasteiger partial charge in [-0.15, -0.1) is 5.10 Å². The fourth-order valence-electron chi connectivity index (χ4n) is 1.38. The molecule has 0 spiro atoms. The molecule has 0 aromatic carbocycles. The van der Waals surface area contributed by atoms with Gasteiger partial charge in [-0.3, -0.25) is 0 Å². The van der Waals surface area contributed by atoms with Crippen LogP contribution in [-0.4, -0.2) is 25.7 Å². The zero-order chi connectivity index (χ0) is 11.9. The highest BCUT2D eigenvalue weighted by atomic mass is 19.3. The van der Waals surface area contributed by atoms with Crippen LogP contribution in [0.25, 0.3) is 5.65 Å². The molecular formula is C9H7F2N3O2. The standard InChI is InChI=1S/C9H7F2N3O2/c1-4-2-5(9(15)16)14-6(3-4)12-8(13-14)7(10)11/h2-3,7H,1H3,(H,15,16). The van der Waals surface area contributed by atoms with E-state index in [0.29, 0.717) is 5.56 Å². The van der Waals surface area contributed by atoms with E-state index in [0.717, 1.165) is 4.52 Å². The fraction of sp³-hybridized carbons (Fsp3) is 0.222. The minimum atomic E-state index is -2.82. The molecule has 5 nitrogen and oxygen atoms in total.